The van der Waals surface area contributed by atoms with Gasteiger partial charge in [-0.15, -0.1) is 0 Å². The number of hydrogen-bond acceptors (Lipinski definition) is 2. The van der Waals surface area contributed by atoms with Crippen molar-refractivity contribution >= 4 is 28.0 Å². The van der Waals surface area contributed by atoms with Gasteiger partial charge in [0.15, 0.2) is 11.6 Å². The summed E-state index contributed by atoms with van der Waals surface area (Å²) in [6, 6.07) is 8.10. The van der Waals surface area contributed by atoms with E-state index >= 15 is 0 Å². The molecule has 2 aromatic carbocycles. The molecule has 0 aliphatic rings. The minimum absolute atomic E-state index is 0.156. The number of aliphatic carboxylic acids is 1. The van der Waals surface area contributed by atoms with Crippen molar-refractivity contribution in [3.8, 4) is 11.5 Å². The van der Waals surface area contributed by atoms with Crippen molar-refractivity contribution in [2.75, 3.05) is 0 Å². The molecule has 2 aromatic rings. The standard InChI is InChI=1S/C15H9BrF2O3/c16-11-7-9(2-6-15(19)20)1-5-14(11)21-10-3-4-12(17)13(18)8-10/h1-8H,(H,19,20)/b6-2+. The molecular weight excluding hydrogens is 346 g/mol. The van der Waals surface area contributed by atoms with Crippen molar-refractivity contribution in [2.45, 2.75) is 0 Å². The van der Waals surface area contributed by atoms with Crippen LogP contribution in [0, 0.1) is 11.6 Å². The molecule has 0 spiro atoms. The molecule has 0 aliphatic carbocycles. The first kappa shape index (κ1) is 15.2. The van der Waals surface area contributed by atoms with Crippen molar-refractivity contribution < 1.29 is 23.4 Å². The third kappa shape index (κ3) is 4.13. The number of carboxylic acids is 1. The summed E-state index contributed by atoms with van der Waals surface area (Å²) in [6.45, 7) is 0. The Kier molecular flexibility index (Phi) is 4.70. The van der Waals surface area contributed by atoms with E-state index < -0.39 is 17.6 Å². The van der Waals surface area contributed by atoms with E-state index in [0.717, 1.165) is 18.2 Å². The van der Waals surface area contributed by atoms with E-state index in [2.05, 4.69) is 15.9 Å². The number of benzene rings is 2. The highest BCUT2D eigenvalue weighted by molar-refractivity contribution is 9.10. The van der Waals surface area contributed by atoms with Gasteiger partial charge in [0.25, 0.3) is 0 Å². The number of rotatable bonds is 4. The summed E-state index contributed by atoms with van der Waals surface area (Å²) in [4.78, 5) is 10.4. The Morgan fingerprint density at radius 2 is 1.90 bits per heavy atom. The summed E-state index contributed by atoms with van der Waals surface area (Å²) < 4.78 is 31.9. The van der Waals surface area contributed by atoms with Gasteiger partial charge in [-0.3, -0.25) is 0 Å². The molecule has 108 valence electrons. The van der Waals surface area contributed by atoms with Crippen LogP contribution in [-0.2, 0) is 4.79 Å². The van der Waals surface area contributed by atoms with Crippen molar-refractivity contribution in [1.82, 2.24) is 0 Å². The molecule has 0 atom stereocenters. The zero-order valence-corrected chi connectivity index (χ0v) is 12.1. The van der Waals surface area contributed by atoms with Gasteiger partial charge in [0.2, 0.25) is 0 Å². The topological polar surface area (TPSA) is 46.5 Å². The van der Waals surface area contributed by atoms with Gasteiger partial charge in [-0.25, -0.2) is 13.6 Å². The van der Waals surface area contributed by atoms with E-state index in [1.807, 2.05) is 0 Å². The Balaban J connectivity index is 2.21. The summed E-state index contributed by atoms with van der Waals surface area (Å²) >= 11 is 3.27. The van der Waals surface area contributed by atoms with Gasteiger partial charge >= 0.3 is 5.97 Å². The van der Waals surface area contributed by atoms with Gasteiger partial charge in [0, 0.05) is 12.1 Å². The Bertz CT molecular complexity index is 714. The van der Waals surface area contributed by atoms with E-state index in [1.54, 1.807) is 18.2 Å². The highest BCUT2D eigenvalue weighted by Gasteiger charge is 2.07. The summed E-state index contributed by atoms with van der Waals surface area (Å²) in [6.07, 6.45) is 2.44. The second kappa shape index (κ2) is 6.49. The molecule has 0 amide bonds. The van der Waals surface area contributed by atoms with E-state index in [1.165, 1.54) is 12.1 Å². The molecule has 0 bridgehead atoms. The normalized spacial score (nSPS) is 10.8. The number of carboxylic acid groups (broad SMARTS) is 1. The lowest BCUT2D eigenvalue weighted by molar-refractivity contribution is -0.131. The van der Waals surface area contributed by atoms with Crippen LogP contribution in [0.25, 0.3) is 6.08 Å². The van der Waals surface area contributed by atoms with Gasteiger partial charge in [-0.1, -0.05) is 6.07 Å². The molecule has 0 saturated carbocycles. The van der Waals surface area contributed by atoms with Crippen LogP contribution in [-0.4, -0.2) is 11.1 Å². The average Bonchev–Trinajstić information content (AvgIpc) is 2.43. The Morgan fingerprint density at radius 3 is 2.52 bits per heavy atom. The zero-order valence-electron chi connectivity index (χ0n) is 10.5. The minimum atomic E-state index is -1.05. The van der Waals surface area contributed by atoms with Gasteiger partial charge < -0.3 is 9.84 Å². The molecule has 21 heavy (non-hydrogen) atoms. The van der Waals surface area contributed by atoms with Gasteiger partial charge in [0.1, 0.15) is 11.5 Å². The van der Waals surface area contributed by atoms with Crippen LogP contribution in [0.4, 0.5) is 8.78 Å². The zero-order chi connectivity index (χ0) is 15.4. The summed E-state index contributed by atoms with van der Waals surface area (Å²) in [5.74, 6) is -2.44. The highest BCUT2D eigenvalue weighted by Crippen LogP contribution is 2.31. The largest absolute Gasteiger partial charge is 0.478 e. The first-order valence-corrected chi connectivity index (χ1v) is 6.58. The fraction of sp³-hybridized carbons (Fsp3) is 0. The monoisotopic (exact) mass is 354 g/mol. The smallest absolute Gasteiger partial charge is 0.328 e. The van der Waals surface area contributed by atoms with Crippen LogP contribution >= 0.6 is 15.9 Å². The first-order valence-electron chi connectivity index (χ1n) is 5.79. The summed E-state index contributed by atoms with van der Waals surface area (Å²) in [7, 11) is 0. The third-order valence-electron chi connectivity index (χ3n) is 2.49. The molecule has 0 aromatic heterocycles. The van der Waals surface area contributed by atoms with Gasteiger partial charge in [-0.05, 0) is 51.8 Å². The Hall–Kier alpha value is -2.21. The van der Waals surface area contributed by atoms with E-state index in [0.29, 0.717) is 15.8 Å². The number of halogens is 3. The molecule has 0 unspecified atom stereocenters. The van der Waals surface area contributed by atoms with Crippen molar-refractivity contribution in [3.05, 3.63) is 64.1 Å². The van der Waals surface area contributed by atoms with Crippen LogP contribution in [0.5, 0.6) is 11.5 Å². The van der Waals surface area contributed by atoms with E-state index in [4.69, 9.17) is 9.84 Å². The molecule has 0 saturated heterocycles. The van der Waals surface area contributed by atoms with Crippen molar-refractivity contribution in [1.29, 1.82) is 0 Å². The Morgan fingerprint density at radius 1 is 1.14 bits per heavy atom. The average molecular weight is 355 g/mol. The van der Waals surface area contributed by atoms with Gasteiger partial charge in [0.05, 0.1) is 4.47 Å². The quantitative estimate of drug-likeness (QED) is 0.815. The van der Waals surface area contributed by atoms with Gasteiger partial charge in [-0.2, -0.15) is 0 Å². The van der Waals surface area contributed by atoms with Crippen molar-refractivity contribution in [3.63, 3.8) is 0 Å². The minimum Gasteiger partial charge on any atom is -0.478 e. The van der Waals surface area contributed by atoms with Crippen molar-refractivity contribution in [2.24, 2.45) is 0 Å². The lowest BCUT2D eigenvalue weighted by atomic mass is 10.2. The molecule has 2 rings (SSSR count). The SMILES string of the molecule is O=C(O)/C=C/c1ccc(Oc2ccc(F)c(F)c2)c(Br)c1. The predicted octanol–water partition coefficient (Wildman–Crippen LogP) is 4.62. The van der Waals surface area contributed by atoms with E-state index in [9.17, 15) is 13.6 Å². The third-order valence-corrected chi connectivity index (χ3v) is 3.11. The summed E-state index contributed by atoms with van der Waals surface area (Å²) in [5, 5.41) is 8.55. The lowest BCUT2D eigenvalue weighted by Crippen LogP contribution is -1.90. The fourth-order valence-corrected chi connectivity index (χ4v) is 2.02. The molecule has 6 heteroatoms. The molecule has 0 aliphatic heterocycles. The van der Waals surface area contributed by atoms with Crippen LogP contribution < -0.4 is 4.74 Å². The number of carbonyl (C=O) groups is 1. The number of ether oxygens (including phenoxy) is 1. The molecular formula is C15H9BrF2O3. The maximum atomic E-state index is 13.1. The molecule has 0 heterocycles. The number of hydrogen-bond donors (Lipinski definition) is 1. The molecule has 1 N–H and O–H groups in total. The molecule has 3 nitrogen and oxygen atoms in total. The maximum absolute atomic E-state index is 13.1. The maximum Gasteiger partial charge on any atom is 0.328 e. The molecule has 0 radical (unpaired) electrons. The van der Waals surface area contributed by atoms with Crippen LogP contribution in [0.15, 0.2) is 46.9 Å². The Labute approximate surface area is 127 Å². The predicted molar refractivity (Wildman–Crippen MR) is 77.2 cm³/mol. The second-order valence-corrected chi connectivity index (χ2v) is 4.89. The fourth-order valence-electron chi connectivity index (χ4n) is 1.54. The molecule has 0 fully saturated rings. The highest BCUT2D eigenvalue weighted by atomic mass is 79.9. The summed E-state index contributed by atoms with van der Waals surface area (Å²) in [5.41, 5.74) is 0.655. The second-order valence-electron chi connectivity index (χ2n) is 4.04. The van der Waals surface area contributed by atoms with Crippen LogP contribution in [0.2, 0.25) is 0 Å². The lowest BCUT2D eigenvalue weighted by Gasteiger charge is -2.08. The van der Waals surface area contributed by atoms with Crippen LogP contribution in [0.1, 0.15) is 5.56 Å². The first-order chi connectivity index (χ1) is 9.95. The van der Waals surface area contributed by atoms with E-state index in [-0.39, 0.29) is 5.75 Å². The van der Waals surface area contributed by atoms with Crippen LogP contribution in [0.3, 0.4) is 0 Å².